The van der Waals surface area contributed by atoms with E-state index in [1.54, 1.807) is 10.4 Å². The first-order valence-electron chi connectivity index (χ1n) is 16.1. The van der Waals surface area contributed by atoms with Gasteiger partial charge in [-0.25, -0.2) is 4.98 Å². The smallest absolute Gasteiger partial charge is 0.177 e. The number of nitrogens with zero attached hydrogens (tertiary/aromatic N) is 6. The minimum Gasteiger partial charge on any atom is -0.330 e. The number of tetrazole rings is 1. The fourth-order valence-electron chi connectivity index (χ4n) is 7.92. The molecule has 0 atom stereocenters. The van der Waals surface area contributed by atoms with E-state index in [1.165, 1.54) is 87.5 Å². The third-order valence-corrected chi connectivity index (χ3v) is 10.8. The Morgan fingerprint density at radius 3 is 2.39 bits per heavy atom. The van der Waals surface area contributed by atoms with E-state index < -0.39 is 0 Å². The van der Waals surface area contributed by atoms with Crippen LogP contribution in [0, 0.1) is 18.3 Å². The molecule has 1 aromatic carbocycles. The van der Waals surface area contributed by atoms with Gasteiger partial charge in [-0.15, -0.1) is 15.0 Å². The Morgan fingerprint density at radius 2 is 1.76 bits per heavy atom. The molecule has 0 unspecified atom stereocenters. The van der Waals surface area contributed by atoms with E-state index in [0.717, 1.165) is 30.3 Å². The van der Waals surface area contributed by atoms with Crippen LogP contribution >= 0.6 is 0 Å². The highest BCUT2D eigenvalue weighted by Crippen LogP contribution is 2.58. The minimum atomic E-state index is 0.241. The summed E-state index contributed by atoms with van der Waals surface area (Å²) >= 11 is 0. The molecular weight excluding hydrogens is 504 g/mol. The molecule has 218 valence electrons. The molecule has 0 N–H and O–H groups in total. The second-order valence-electron chi connectivity index (χ2n) is 13.7. The van der Waals surface area contributed by atoms with Gasteiger partial charge in [0, 0.05) is 30.4 Å². The molecule has 0 aliphatic heterocycles. The van der Waals surface area contributed by atoms with Crippen molar-refractivity contribution in [3.05, 3.63) is 71.3 Å². The molecule has 4 aliphatic carbocycles. The van der Waals surface area contributed by atoms with Gasteiger partial charge >= 0.3 is 0 Å². The summed E-state index contributed by atoms with van der Waals surface area (Å²) in [5.74, 6) is 2.51. The van der Waals surface area contributed by atoms with Crippen molar-refractivity contribution in [2.45, 2.75) is 116 Å². The lowest BCUT2D eigenvalue weighted by Crippen LogP contribution is -2.49. The van der Waals surface area contributed by atoms with Gasteiger partial charge in [0.1, 0.15) is 5.82 Å². The molecule has 7 rings (SSSR count). The lowest BCUT2D eigenvalue weighted by atomic mass is 9.51. The van der Waals surface area contributed by atoms with Crippen LogP contribution in [0.5, 0.6) is 0 Å². The van der Waals surface area contributed by atoms with Crippen molar-refractivity contribution in [2.75, 3.05) is 11.4 Å². The zero-order valence-corrected chi connectivity index (χ0v) is 25.7. The minimum absolute atomic E-state index is 0.241. The van der Waals surface area contributed by atoms with Gasteiger partial charge in [0.25, 0.3) is 0 Å². The van der Waals surface area contributed by atoms with Crippen molar-refractivity contribution < 1.29 is 0 Å². The fraction of sp³-hybridized carbons (Fsp3) is 0.600. The Kier molecular flexibility index (Phi) is 7.78. The number of benzene rings is 1. The standard InChI is InChI=1S/C35H48N6/c1-6-28-12-13-30(22-26(28)4)35-18-15-34(16-19-35,17-20-35)24-40(27(5)29-10-8-7-9-11-29)32-23-31(14-21-36-32)41-38-33(25(2)3)37-39-41/h12-14,21-23,25,29H,5-11,15-20,24H2,1-4H3. The zero-order valence-electron chi connectivity index (χ0n) is 25.7. The number of fused-ring (bicyclic) bond motifs is 3. The summed E-state index contributed by atoms with van der Waals surface area (Å²) in [7, 11) is 0. The van der Waals surface area contributed by atoms with Crippen molar-refractivity contribution in [3.63, 3.8) is 0 Å². The monoisotopic (exact) mass is 552 g/mol. The van der Waals surface area contributed by atoms with Gasteiger partial charge in [-0.2, -0.15) is 0 Å². The lowest BCUT2D eigenvalue weighted by Gasteiger charge is -2.55. The maximum absolute atomic E-state index is 4.93. The predicted molar refractivity (Wildman–Crippen MR) is 166 cm³/mol. The number of hydrogen-bond donors (Lipinski definition) is 0. The van der Waals surface area contributed by atoms with Crippen LogP contribution in [0.2, 0.25) is 0 Å². The first-order chi connectivity index (χ1) is 19.8. The van der Waals surface area contributed by atoms with Gasteiger partial charge in [0.05, 0.1) is 5.69 Å². The SMILES string of the molecule is C=C(C1CCCCC1)N(CC12CCC(c3ccc(CC)c(C)c3)(CC1)CC2)c1cc(-n2nnc(C(C)C)n2)ccn1. The van der Waals surface area contributed by atoms with E-state index in [4.69, 9.17) is 11.6 Å². The summed E-state index contributed by atoms with van der Waals surface area (Å²) in [4.78, 5) is 9.08. The van der Waals surface area contributed by atoms with Gasteiger partial charge < -0.3 is 4.90 Å². The van der Waals surface area contributed by atoms with Crippen LogP contribution in [0.25, 0.3) is 5.69 Å². The number of hydrogen-bond acceptors (Lipinski definition) is 5. The van der Waals surface area contributed by atoms with Crippen molar-refractivity contribution in [2.24, 2.45) is 11.3 Å². The van der Waals surface area contributed by atoms with Crippen LogP contribution < -0.4 is 4.90 Å². The van der Waals surface area contributed by atoms with Gasteiger partial charge in [-0.3, -0.25) is 0 Å². The molecule has 6 nitrogen and oxygen atoms in total. The molecule has 41 heavy (non-hydrogen) atoms. The molecule has 4 fully saturated rings. The van der Waals surface area contributed by atoms with Gasteiger partial charge in [-0.1, -0.05) is 64.8 Å². The molecule has 3 aromatic rings. The Bertz CT molecular complexity index is 1360. The van der Waals surface area contributed by atoms with Crippen LogP contribution in [-0.2, 0) is 11.8 Å². The van der Waals surface area contributed by atoms with Crippen molar-refractivity contribution >= 4 is 5.82 Å². The zero-order chi connectivity index (χ0) is 28.6. The Labute approximate surface area is 246 Å². The number of rotatable bonds is 9. The van der Waals surface area contributed by atoms with Crippen LogP contribution in [0.15, 0.2) is 48.8 Å². The maximum Gasteiger partial charge on any atom is 0.177 e. The average Bonchev–Trinajstić information content (AvgIpc) is 3.52. The maximum atomic E-state index is 4.93. The largest absolute Gasteiger partial charge is 0.330 e. The Morgan fingerprint density at radius 1 is 1.02 bits per heavy atom. The van der Waals surface area contributed by atoms with Crippen LogP contribution in [-0.4, -0.2) is 31.7 Å². The van der Waals surface area contributed by atoms with E-state index in [9.17, 15) is 0 Å². The highest BCUT2D eigenvalue weighted by atomic mass is 15.6. The first-order valence-corrected chi connectivity index (χ1v) is 16.1. The molecule has 2 bridgehead atoms. The van der Waals surface area contributed by atoms with Gasteiger partial charge in [-0.05, 0) is 109 Å². The average molecular weight is 553 g/mol. The molecule has 0 spiro atoms. The first kappa shape index (κ1) is 28.1. The summed E-state index contributed by atoms with van der Waals surface area (Å²) in [6, 6.07) is 11.5. The number of pyridine rings is 1. The molecule has 2 heterocycles. The molecule has 0 radical (unpaired) electrons. The molecule has 4 saturated carbocycles. The predicted octanol–water partition coefficient (Wildman–Crippen LogP) is 8.24. The number of anilines is 1. The van der Waals surface area contributed by atoms with Gasteiger partial charge in [0.15, 0.2) is 5.82 Å². The summed E-state index contributed by atoms with van der Waals surface area (Å²) in [5, 5.41) is 13.3. The highest BCUT2D eigenvalue weighted by Gasteiger charge is 2.50. The Hall–Kier alpha value is -3.02. The highest BCUT2D eigenvalue weighted by molar-refractivity contribution is 5.51. The molecular formula is C35H48N6. The second kappa shape index (κ2) is 11.3. The number of allylic oxidation sites excluding steroid dienone is 1. The van der Waals surface area contributed by atoms with E-state index in [0.29, 0.717) is 16.7 Å². The molecule has 4 aliphatic rings. The van der Waals surface area contributed by atoms with Crippen molar-refractivity contribution in [1.29, 1.82) is 0 Å². The number of aromatic nitrogens is 5. The second-order valence-corrected chi connectivity index (χ2v) is 13.7. The quantitative estimate of drug-likeness (QED) is 0.267. The summed E-state index contributed by atoms with van der Waals surface area (Å²) in [6.07, 6.45) is 17.1. The molecule has 2 aromatic heterocycles. The molecule has 0 saturated heterocycles. The molecule has 0 amide bonds. The number of aryl methyl sites for hydroxylation is 2. The Balaban J connectivity index is 1.27. The van der Waals surface area contributed by atoms with Crippen molar-refractivity contribution in [1.82, 2.24) is 25.2 Å². The van der Waals surface area contributed by atoms with Gasteiger partial charge in [0.2, 0.25) is 0 Å². The van der Waals surface area contributed by atoms with Crippen LogP contribution in [0.4, 0.5) is 5.82 Å². The van der Waals surface area contributed by atoms with Crippen molar-refractivity contribution in [3.8, 4) is 5.69 Å². The van der Waals surface area contributed by atoms with E-state index in [2.05, 4.69) is 72.3 Å². The van der Waals surface area contributed by atoms with Crippen LogP contribution in [0.1, 0.15) is 120 Å². The van der Waals surface area contributed by atoms with Crippen LogP contribution in [0.3, 0.4) is 0 Å². The fourth-order valence-corrected chi connectivity index (χ4v) is 7.92. The normalized spacial score (nSPS) is 24.6. The van der Waals surface area contributed by atoms with E-state index >= 15 is 0 Å². The third kappa shape index (κ3) is 5.47. The van der Waals surface area contributed by atoms with E-state index in [-0.39, 0.29) is 5.92 Å². The summed E-state index contributed by atoms with van der Waals surface area (Å²) in [5.41, 5.74) is 7.36. The topological polar surface area (TPSA) is 59.7 Å². The molecule has 6 heteroatoms. The third-order valence-electron chi connectivity index (χ3n) is 10.8. The summed E-state index contributed by atoms with van der Waals surface area (Å²) < 4.78 is 0. The summed E-state index contributed by atoms with van der Waals surface area (Å²) in [6.45, 7) is 14.5. The lowest BCUT2D eigenvalue weighted by molar-refractivity contribution is 0.0459. The van der Waals surface area contributed by atoms with E-state index in [1.807, 2.05) is 12.3 Å².